The summed E-state index contributed by atoms with van der Waals surface area (Å²) in [7, 11) is 0. The average Bonchev–Trinajstić information content (AvgIpc) is 3.27. The van der Waals surface area contributed by atoms with Gasteiger partial charge in [0.1, 0.15) is 18.4 Å². The number of rotatable bonds is 4. The number of anilines is 1. The van der Waals surface area contributed by atoms with Crippen molar-refractivity contribution in [1.29, 1.82) is 0 Å². The molecule has 5 rings (SSSR count). The van der Waals surface area contributed by atoms with Gasteiger partial charge in [-0.3, -0.25) is 9.59 Å². The van der Waals surface area contributed by atoms with Crippen LogP contribution in [0.2, 0.25) is 0 Å². The van der Waals surface area contributed by atoms with E-state index in [-0.39, 0.29) is 36.3 Å². The molecular weight excluding hydrogens is 409 g/mol. The van der Waals surface area contributed by atoms with Crippen molar-refractivity contribution in [3.63, 3.8) is 0 Å². The van der Waals surface area contributed by atoms with Gasteiger partial charge in [0, 0.05) is 44.3 Å². The summed E-state index contributed by atoms with van der Waals surface area (Å²) < 4.78 is 13.1. The highest BCUT2D eigenvalue weighted by molar-refractivity contribution is 5.89. The van der Waals surface area contributed by atoms with E-state index in [0.717, 1.165) is 11.3 Å². The van der Waals surface area contributed by atoms with Crippen molar-refractivity contribution in [2.45, 2.75) is 18.5 Å². The van der Waals surface area contributed by atoms with Gasteiger partial charge in [-0.2, -0.15) is 0 Å². The van der Waals surface area contributed by atoms with Crippen LogP contribution in [-0.4, -0.2) is 65.4 Å². The third-order valence-corrected chi connectivity index (χ3v) is 6.41. The lowest BCUT2D eigenvalue weighted by Crippen LogP contribution is -2.54. The third kappa shape index (κ3) is 4.05. The second-order valence-corrected chi connectivity index (χ2v) is 8.36. The van der Waals surface area contributed by atoms with E-state index in [1.54, 1.807) is 23.2 Å². The number of nitrogens with one attached hydrogen (secondary N) is 1. The maximum absolute atomic E-state index is 13.1. The Bertz CT molecular complexity index is 1000. The number of fused-ring (bicyclic) bond motifs is 1. The van der Waals surface area contributed by atoms with Crippen molar-refractivity contribution in [3.8, 4) is 0 Å². The van der Waals surface area contributed by atoms with Crippen molar-refractivity contribution in [3.05, 3.63) is 78.4 Å². The summed E-state index contributed by atoms with van der Waals surface area (Å²) in [5.41, 5.74) is 5.47. The number of amides is 2. The molecule has 8 heteroatoms. The summed E-state index contributed by atoms with van der Waals surface area (Å²) >= 11 is 0. The molecule has 2 amide bonds. The van der Waals surface area contributed by atoms with Crippen molar-refractivity contribution in [1.82, 2.24) is 20.2 Å². The predicted molar refractivity (Wildman–Crippen MR) is 119 cm³/mol. The van der Waals surface area contributed by atoms with E-state index in [2.05, 4.69) is 22.5 Å². The fourth-order valence-electron chi connectivity index (χ4n) is 4.58. The molecule has 7 nitrogen and oxygen atoms in total. The Balaban J connectivity index is 1.16. The van der Waals surface area contributed by atoms with Gasteiger partial charge >= 0.3 is 0 Å². The summed E-state index contributed by atoms with van der Waals surface area (Å²) in [5.74, 6) is -0.370. The standard InChI is InChI=1S/C24H26FN5O2/c25-19-6-8-20(9-7-19)27-10-12-28(13-11-27)23(31)17-29-14-15-30-22(24(29)32)16-21(26-30)18-4-2-1-3-5-18/h1-9,14-15,21-22,26H,10-13,16-17H2. The number of halogens is 1. The highest BCUT2D eigenvalue weighted by Crippen LogP contribution is 2.30. The van der Waals surface area contributed by atoms with Crippen LogP contribution in [0.5, 0.6) is 0 Å². The lowest BCUT2D eigenvalue weighted by Gasteiger charge is -2.37. The Labute approximate surface area is 186 Å². The molecule has 3 aliphatic heterocycles. The van der Waals surface area contributed by atoms with Gasteiger partial charge in [-0.05, 0) is 36.2 Å². The Kier molecular flexibility index (Phi) is 5.53. The molecule has 1 N–H and O–H groups in total. The van der Waals surface area contributed by atoms with Gasteiger partial charge in [0.2, 0.25) is 5.91 Å². The second-order valence-electron chi connectivity index (χ2n) is 8.36. The molecule has 0 aromatic heterocycles. The molecule has 2 aromatic rings. The summed E-state index contributed by atoms with van der Waals surface area (Å²) in [6.07, 6.45) is 4.19. The first-order valence-corrected chi connectivity index (χ1v) is 10.9. The molecule has 32 heavy (non-hydrogen) atoms. The highest BCUT2D eigenvalue weighted by atomic mass is 19.1. The van der Waals surface area contributed by atoms with Crippen LogP contribution in [-0.2, 0) is 9.59 Å². The smallest absolute Gasteiger partial charge is 0.251 e. The fourth-order valence-corrected chi connectivity index (χ4v) is 4.58. The zero-order valence-electron chi connectivity index (χ0n) is 17.7. The minimum absolute atomic E-state index is 0.0478. The first-order chi connectivity index (χ1) is 15.6. The van der Waals surface area contributed by atoms with Crippen LogP contribution in [0.4, 0.5) is 10.1 Å². The Morgan fingerprint density at radius 2 is 1.69 bits per heavy atom. The normalized spacial score (nSPS) is 23.0. The molecule has 3 heterocycles. The van der Waals surface area contributed by atoms with Gasteiger partial charge in [-0.1, -0.05) is 30.3 Å². The maximum atomic E-state index is 13.1. The first-order valence-electron chi connectivity index (χ1n) is 10.9. The number of hydrogen-bond acceptors (Lipinski definition) is 5. The predicted octanol–water partition coefficient (Wildman–Crippen LogP) is 2.11. The molecule has 0 spiro atoms. The van der Waals surface area contributed by atoms with Crippen LogP contribution in [0.15, 0.2) is 67.0 Å². The van der Waals surface area contributed by atoms with Crippen LogP contribution >= 0.6 is 0 Å². The zero-order chi connectivity index (χ0) is 22.1. The van der Waals surface area contributed by atoms with Crippen molar-refractivity contribution < 1.29 is 14.0 Å². The number of benzene rings is 2. The zero-order valence-corrected chi connectivity index (χ0v) is 17.7. The van der Waals surface area contributed by atoms with E-state index in [0.29, 0.717) is 32.6 Å². The van der Waals surface area contributed by atoms with Gasteiger partial charge in [0.25, 0.3) is 5.91 Å². The summed E-state index contributed by atoms with van der Waals surface area (Å²) in [4.78, 5) is 31.4. The molecular formula is C24H26FN5O2. The summed E-state index contributed by atoms with van der Waals surface area (Å²) in [6, 6.07) is 16.2. The average molecular weight is 436 g/mol. The number of carbonyl (C=O) groups excluding carboxylic acids is 2. The molecule has 0 saturated carbocycles. The van der Waals surface area contributed by atoms with Crippen molar-refractivity contribution in [2.24, 2.45) is 0 Å². The molecule has 0 bridgehead atoms. The minimum atomic E-state index is -0.312. The van der Waals surface area contributed by atoms with E-state index in [1.165, 1.54) is 17.0 Å². The molecule has 2 saturated heterocycles. The van der Waals surface area contributed by atoms with Gasteiger partial charge < -0.3 is 19.7 Å². The van der Waals surface area contributed by atoms with E-state index in [1.807, 2.05) is 29.4 Å². The first kappa shape index (κ1) is 20.5. The van der Waals surface area contributed by atoms with Crippen molar-refractivity contribution >= 4 is 17.5 Å². The van der Waals surface area contributed by atoms with Crippen LogP contribution in [0.25, 0.3) is 0 Å². The molecule has 3 aliphatic rings. The summed E-state index contributed by atoms with van der Waals surface area (Å²) in [6.45, 7) is 2.57. The number of nitrogens with zero attached hydrogens (tertiary/aromatic N) is 4. The molecule has 2 aromatic carbocycles. The number of carbonyl (C=O) groups is 2. The topological polar surface area (TPSA) is 59.1 Å². The van der Waals surface area contributed by atoms with Crippen LogP contribution in [0.3, 0.4) is 0 Å². The summed E-state index contributed by atoms with van der Waals surface area (Å²) in [5, 5.41) is 1.85. The Morgan fingerprint density at radius 1 is 0.969 bits per heavy atom. The van der Waals surface area contributed by atoms with Crippen molar-refractivity contribution in [2.75, 3.05) is 37.6 Å². The minimum Gasteiger partial charge on any atom is -0.368 e. The van der Waals surface area contributed by atoms with Gasteiger partial charge in [0.05, 0.1) is 6.04 Å². The molecule has 166 valence electrons. The Morgan fingerprint density at radius 3 is 2.41 bits per heavy atom. The van der Waals surface area contributed by atoms with Gasteiger partial charge in [0.15, 0.2) is 0 Å². The number of piperazine rings is 1. The van der Waals surface area contributed by atoms with Gasteiger partial charge in [-0.15, -0.1) is 0 Å². The monoisotopic (exact) mass is 435 g/mol. The van der Waals surface area contributed by atoms with E-state index in [9.17, 15) is 14.0 Å². The lowest BCUT2D eigenvalue weighted by atomic mass is 10.0. The number of hydrazine groups is 1. The molecule has 2 atom stereocenters. The Hall–Kier alpha value is -3.39. The lowest BCUT2D eigenvalue weighted by molar-refractivity contribution is -0.141. The van der Waals surface area contributed by atoms with Crippen LogP contribution in [0.1, 0.15) is 18.0 Å². The molecule has 2 unspecified atom stereocenters. The molecule has 2 fully saturated rings. The van der Waals surface area contributed by atoms with Gasteiger partial charge in [-0.25, -0.2) is 9.82 Å². The molecule has 0 radical (unpaired) electrons. The largest absolute Gasteiger partial charge is 0.368 e. The van der Waals surface area contributed by atoms with E-state index < -0.39 is 0 Å². The number of hydrogen-bond donors (Lipinski definition) is 1. The second kappa shape index (κ2) is 8.63. The maximum Gasteiger partial charge on any atom is 0.251 e. The SMILES string of the molecule is O=C1C2CC(c3ccccc3)NN2C=CN1CC(=O)N1CCN(c2ccc(F)cc2)CC1. The molecule has 0 aliphatic carbocycles. The fraction of sp³-hybridized carbons (Fsp3) is 0.333. The van der Waals surface area contributed by atoms with Crippen LogP contribution < -0.4 is 10.3 Å². The van der Waals surface area contributed by atoms with Crippen LogP contribution in [0, 0.1) is 5.82 Å². The van der Waals surface area contributed by atoms with E-state index in [4.69, 9.17) is 0 Å². The van der Waals surface area contributed by atoms with E-state index >= 15 is 0 Å². The highest BCUT2D eigenvalue weighted by Gasteiger charge is 2.40. The third-order valence-electron chi connectivity index (χ3n) is 6.41. The quantitative estimate of drug-likeness (QED) is 0.797.